The Bertz CT molecular complexity index is 598. The maximum atomic E-state index is 6.24. The summed E-state index contributed by atoms with van der Waals surface area (Å²) in [4.78, 5) is 4.26. The first-order valence-electron chi connectivity index (χ1n) is 6.93. The lowest BCUT2D eigenvalue weighted by Crippen LogP contribution is -2.12. The molecule has 0 spiro atoms. The zero-order chi connectivity index (χ0) is 15.4. The summed E-state index contributed by atoms with van der Waals surface area (Å²) in [5, 5.41) is 7.62. The Hall–Kier alpha value is -1.59. The average molecular weight is 310 g/mol. The fourth-order valence-electron chi connectivity index (χ4n) is 1.77. The molecule has 0 fully saturated rings. The van der Waals surface area contributed by atoms with Crippen molar-refractivity contribution in [3.63, 3.8) is 0 Å². The van der Waals surface area contributed by atoms with Crippen LogP contribution in [0.15, 0.2) is 22.7 Å². The van der Waals surface area contributed by atoms with Gasteiger partial charge in [-0.2, -0.15) is 4.98 Å². The van der Waals surface area contributed by atoms with Crippen molar-refractivity contribution >= 4 is 11.6 Å². The van der Waals surface area contributed by atoms with Crippen LogP contribution in [0.3, 0.4) is 0 Å². The van der Waals surface area contributed by atoms with E-state index in [2.05, 4.69) is 22.4 Å². The van der Waals surface area contributed by atoms with Crippen molar-refractivity contribution in [1.29, 1.82) is 0 Å². The molecule has 1 atom stereocenters. The van der Waals surface area contributed by atoms with Gasteiger partial charge in [-0.1, -0.05) is 36.7 Å². The molecule has 0 aliphatic carbocycles. The Morgan fingerprint density at radius 1 is 1.33 bits per heavy atom. The van der Waals surface area contributed by atoms with Gasteiger partial charge in [0.1, 0.15) is 5.75 Å². The second-order valence-corrected chi connectivity index (χ2v) is 5.60. The number of nitrogens with one attached hydrogen (secondary N) is 1. The van der Waals surface area contributed by atoms with Crippen LogP contribution < -0.4 is 10.1 Å². The van der Waals surface area contributed by atoms with E-state index in [0.717, 1.165) is 5.56 Å². The number of hydrogen-bond acceptors (Lipinski definition) is 5. The number of halogens is 1. The fraction of sp³-hybridized carbons (Fsp3) is 0.467. The van der Waals surface area contributed by atoms with Crippen molar-refractivity contribution in [2.24, 2.45) is 0 Å². The maximum Gasteiger partial charge on any atom is 0.229 e. The van der Waals surface area contributed by atoms with Crippen LogP contribution in [0.4, 0.5) is 0 Å². The van der Waals surface area contributed by atoms with E-state index < -0.39 is 0 Å². The predicted octanol–water partition coefficient (Wildman–Crippen LogP) is 3.71. The van der Waals surface area contributed by atoms with Gasteiger partial charge in [-0.3, -0.25) is 0 Å². The van der Waals surface area contributed by atoms with Crippen LogP contribution in [0.2, 0.25) is 5.02 Å². The Balaban J connectivity index is 2.02. The van der Waals surface area contributed by atoms with Crippen molar-refractivity contribution in [1.82, 2.24) is 15.5 Å². The minimum atomic E-state index is 0.206. The van der Waals surface area contributed by atoms with Gasteiger partial charge in [0.05, 0.1) is 5.02 Å². The molecule has 0 radical (unpaired) electrons. The highest BCUT2D eigenvalue weighted by molar-refractivity contribution is 6.32. The summed E-state index contributed by atoms with van der Waals surface area (Å²) in [5.41, 5.74) is 1.11. The van der Waals surface area contributed by atoms with Crippen LogP contribution in [-0.4, -0.2) is 17.2 Å². The summed E-state index contributed by atoms with van der Waals surface area (Å²) in [7, 11) is 1.91. The first-order chi connectivity index (χ1) is 10.0. The highest BCUT2D eigenvalue weighted by atomic mass is 35.5. The third-order valence-corrected chi connectivity index (χ3v) is 3.52. The summed E-state index contributed by atoms with van der Waals surface area (Å²) in [6.45, 7) is 6.29. The molecule has 1 aromatic carbocycles. The summed E-state index contributed by atoms with van der Waals surface area (Å²) < 4.78 is 10.8. The van der Waals surface area contributed by atoms with Crippen molar-refractivity contribution in [2.45, 2.75) is 39.3 Å². The van der Waals surface area contributed by atoms with Crippen LogP contribution in [0.5, 0.6) is 5.75 Å². The molecule has 0 saturated heterocycles. The predicted molar refractivity (Wildman–Crippen MR) is 81.6 cm³/mol. The van der Waals surface area contributed by atoms with Gasteiger partial charge in [-0.05, 0) is 31.7 Å². The molecule has 2 rings (SSSR count). The molecular formula is C15H20ClN3O2. The average Bonchev–Trinajstić information content (AvgIpc) is 2.94. The summed E-state index contributed by atoms with van der Waals surface area (Å²) in [5.74, 6) is 1.94. The monoisotopic (exact) mass is 309 g/mol. The van der Waals surface area contributed by atoms with E-state index in [0.29, 0.717) is 22.5 Å². The fourth-order valence-corrected chi connectivity index (χ4v) is 2.02. The molecule has 1 unspecified atom stereocenters. The lowest BCUT2D eigenvalue weighted by molar-refractivity contribution is 0.284. The Kier molecular flexibility index (Phi) is 5.20. The number of benzene rings is 1. The van der Waals surface area contributed by atoms with Gasteiger partial charge in [-0.25, -0.2) is 0 Å². The topological polar surface area (TPSA) is 60.2 Å². The molecule has 5 nitrogen and oxygen atoms in total. The largest absolute Gasteiger partial charge is 0.484 e. The second-order valence-electron chi connectivity index (χ2n) is 5.19. The highest BCUT2D eigenvalue weighted by Gasteiger charge is 2.12. The van der Waals surface area contributed by atoms with Gasteiger partial charge in [0.15, 0.2) is 6.61 Å². The third kappa shape index (κ3) is 3.95. The Morgan fingerprint density at radius 2 is 2.10 bits per heavy atom. The minimum absolute atomic E-state index is 0.206. The molecule has 0 amide bonds. The Morgan fingerprint density at radius 3 is 2.67 bits per heavy atom. The van der Waals surface area contributed by atoms with Crippen LogP contribution in [-0.2, 0) is 6.61 Å². The molecule has 2 aromatic rings. The molecule has 1 aromatic heterocycles. The summed E-state index contributed by atoms with van der Waals surface area (Å²) in [6, 6.07) is 5.98. The van der Waals surface area contributed by atoms with E-state index in [9.17, 15) is 0 Å². The van der Waals surface area contributed by atoms with Crippen LogP contribution in [0, 0.1) is 0 Å². The molecule has 1 N–H and O–H groups in total. The van der Waals surface area contributed by atoms with E-state index in [4.69, 9.17) is 20.9 Å². The van der Waals surface area contributed by atoms with Crippen LogP contribution >= 0.6 is 11.6 Å². The Labute approximate surface area is 129 Å². The molecule has 0 aliphatic heterocycles. The van der Waals surface area contributed by atoms with Gasteiger partial charge in [0.25, 0.3) is 0 Å². The quantitative estimate of drug-likeness (QED) is 0.881. The lowest BCUT2D eigenvalue weighted by atomic mass is 10.1. The van der Waals surface area contributed by atoms with E-state index in [1.165, 1.54) is 0 Å². The van der Waals surface area contributed by atoms with E-state index in [1.54, 1.807) is 0 Å². The number of aromatic nitrogens is 2. The molecule has 6 heteroatoms. The van der Waals surface area contributed by atoms with Gasteiger partial charge >= 0.3 is 0 Å². The van der Waals surface area contributed by atoms with E-state index >= 15 is 0 Å². The zero-order valence-electron chi connectivity index (χ0n) is 12.7. The number of ether oxygens (including phenoxy) is 1. The van der Waals surface area contributed by atoms with Gasteiger partial charge < -0.3 is 14.6 Å². The molecule has 21 heavy (non-hydrogen) atoms. The van der Waals surface area contributed by atoms with E-state index in [1.807, 2.05) is 39.1 Å². The molecule has 0 bridgehead atoms. The molecule has 114 valence electrons. The van der Waals surface area contributed by atoms with Crippen molar-refractivity contribution < 1.29 is 9.26 Å². The summed E-state index contributed by atoms with van der Waals surface area (Å²) in [6.07, 6.45) is 0. The number of nitrogens with zero attached hydrogens (tertiary/aromatic N) is 2. The van der Waals surface area contributed by atoms with Crippen molar-refractivity contribution in [3.8, 4) is 5.75 Å². The number of hydrogen-bond donors (Lipinski definition) is 1. The lowest BCUT2D eigenvalue weighted by Gasteiger charge is -2.13. The van der Waals surface area contributed by atoms with Gasteiger partial charge in [-0.15, -0.1) is 0 Å². The first-order valence-corrected chi connectivity index (χ1v) is 7.31. The smallest absolute Gasteiger partial charge is 0.229 e. The molecule has 0 aliphatic rings. The molecule has 1 heterocycles. The minimum Gasteiger partial charge on any atom is -0.484 e. The summed E-state index contributed by atoms with van der Waals surface area (Å²) >= 11 is 6.24. The normalized spacial score (nSPS) is 12.7. The van der Waals surface area contributed by atoms with Crippen molar-refractivity contribution in [2.75, 3.05) is 7.05 Å². The second kappa shape index (κ2) is 6.91. The van der Waals surface area contributed by atoms with Crippen molar-refractivity contribution in [3.05, 3.63) is 40.5 Å². The van der Waals surface area contributed by atoms with E-state index in [-0.39, 0.29) is 18.6 Å². The molecule has 0 saturated carbocycles. The van der Waals surface area contributed by atoms with Gasteiger partial charge in [0.2, 0.25) is 11.7 Å². The maximum absolute atomic E-state index is 6.24. The third-order valence-electron chi connectivity index (χ3n) is 3.22. The molecular weight excluding hydrogens is 290 g/mol. The highest BCUT2D eigenvalue weighted by Crippen LogP contribution is 2.28. The SMILES string of the molecule is CNC(C)c1ccc(OCc2noc(C(C)C)n2)c(Cl)c1. The zero-order valence-corrected chi connectivity index (χ0v) is 13.4. The van der Waals surface area contributed by atoms with Crippen LogP contribution in [0.25, 0.3) is 0 Å². The first kappa shape index (κ1) is 15.8. The van der Waals surface area contributed by atoms with Gasteiger partial charge in [0, 0.05) is 12.0 Å². The standard InChI is InChI=1S/C15H20ClN3O2/c1-9(2)15-18-14(19-21-15)8-20-13-6-5-11(7-12(13)16)10(3)17-4/h5-7,9-10,17H,8H2,1-4H3. The number of rotatable bonds is 6. The van der Waals surface area contributed by atoms with Crippen LogP contribution in [0.1, 0.15) is 50.0 Å².